The first-order valence-electron chi connectivity index (χ1n) is 5.75. The van der Waals surface area contributed by atoms with E-state index in [0.29, 0.717) is 0 Å². The summed E-state index contributed by atoms with van der Waals surface area (Å²) in [6, 6.07) is 2.66. The fourth-order valence-corrected chi connectivity index (χ4v) is 1.98. The average Bonchev–Trinajstić information content (AvgIpc) is 2.27. The predicted molar refractivity (Wildman–Crippen MR) is 71.5 cm³/mol. The molecule has 0 unspecified atom stereocenters. The molecule has 8 heteroatoms. The van der Waals surface area contributed by atoms with E-state index in [-0.39, 0.29) is 23.1 Å². The number of carboxylic acids is 1. The lowest BCUT2D eigenvalue weighted by Crippen LogP contribution is -2.32. The highest BCUT2D eigenvalue weighted by Crippen LogP contribution is 2.34. The van der Waals surface area contributed by atoms with Crippen LogP contribution in [0.1, 0.15) is 32.4 Å². The summed E-state index contributed by atoms with van der Waals surface area (Å²) in [6.45, 7) is 3.40. The smallest absolute Gasteiger partial charge is 0.434 e. The van der Waals surface area contributed by atoms with Gasteiger partial charge >= 0.3 is 12.1 Å². The van der Waals surface area contributed by atoms with E-state index in [9.17, 15) is 18.0 Å². The molecule has 0 saturated heterocycles. The summed E-state index contributed by atoms with van der Waals surface area (Å²) >= 11 is 2.81. The highest BCUT2D eigenvalue weighted by molar-refractivity contribution is 9.10. The molecule has 1 rings (SSSR count). The summed E-state index contributed by atoms with van der Waals surface area (Å²) in [5, 5.41) is 11.4. The van der Waals surface area contributed by atoms with Crippen molar-refractivity contribution in [3.63, 3.8) is 0 Å². The van der Waals surface area contributed by atoms with Crippen LogP contribution in [0.15, 0.2) is 16.6 Å². The molecule has 112 valence electrons. The Morgan fingerprint density at radius 1 is 1.40 bits per heavy atom. The van der Waals surface area contributed by atoms with Gasteiger partial charge in [0.25, 0.3) is 0 Å². The summed E-state index contributed by atoms with van der Waals surface area (Å²) in [5.74, 6) is -0.907. The first-order valence-corrected chi connectivity index (χ1v) is 6.54. The molecule has 0 spiro atoms. The van der Waals surface area contributed by atoms with Crippen molar-refractivity contribution in [3.8, 4) is 0 Å². The lowest BCUT2D eigenvalue weighted by molar-refractivity contribution is -0.141. The van der Waals surface area contributed by atoms with E-state index in [4.69, 9.17) is 5.11 Å². The Bertz CT molecular complexity index is 504. The predicted octanol–water partition coefficient (Wildman–Crippen LogP) is 3.92. The van der Waals surface area contributed by atoms with Crippen molar-refractivity contribution in [2.75, 3.05) is 5.32 Å². The minimum atomic E-state index is -4.55. The number of hydrogen-bond donors (Lipinski definition) is 2. The molecule has 0 aliphatic rings. The van der Waals surface area contributed by atoms with Crippen molar-refractivity contribution in [1.29, 1.82) is 0 Å². The number of alkyl halides is 3. The van der Waals surface area contributed by atoms with E-state index in [1.807, 2.05) is 0 Å². The molecule has 0 amide bonds. The van der Waals surface area contributed by atoms with Crippen LogP contribution in [0.5, 0.6) is 0 Å². The average molecular weight is 355 g/mol. The lowest BCUT2D eigenvalue weighted by Gasteiger charge is -2.26. The van der Waals surface area contributed by atoms with Gasteiger partial charge in [0.05, 0.1) is 0 Å². The maximum Gasteiger partial charge on any atom is 0.434 e. The molecule has 2 N–H and O–H groups in total. The van der Waals surface area contributed by atoms with Crippen molar-refractivity contribution in [3.05, 3.63) is 22.3 Å². The molecular weight excluding hydrogens is 341 g/mol. The van der Waals surface area contributed by atoms with Crippen LogP contribution in [-0.4, -0.2) is 21.6 Å². The second-order valence-electron chi connectivity index (χ2n) is 4.93. The van der Waals surface area contributed by atoms with Gasteiger partial charge in [-0.05, 0) is 48.3 Å². The third-order valence-corrected chi connectivity index (χ3v) is 3.18. The van der Waals surface area contributed by atoms with Gasteiger partial charge in [-0.25, -0.2) is 4.98 Å². The van der Waals surface area contributed by atoms with Gasteiger partial charge in [-0.15, -0.1) is 0 Å². The van der Waals surface area contributed by atoms with Crippen LogP contribution in [0.25, 0.3) is 0 Å². The van der Waals surface area contributed by atoms with E-state index in [0.717, 1.165) is 0 Å². The maximum absolute atomic E-state index is 12.7. The van der Waals surface area contributed by atoms with Crippen LogP contribution in [0.4, 0.5) is 19.0 Å². The molecule has 4 nitrogen and oxygen atoms in total. The van der Waals surface area contributed by atoms with Crippen LogP contribution in [0, 0.1) is 0 Å². The molecule has 1 heterocycles. The maximum atomic E-state index is 12.7. The Balaban J connectivity index is 2.90. The molecule has 0 aliphatic carbocycles. The third-order valence-electron chi connectivity index (χ3n) is 2.54. The van der Waals surface area contributed by atoms with Gasteiger partial charge in [0.1, 0.15) is 5.82 Å². The monoisotopic (exact) mass is 354 g/mol. The normalized spacial score (nSPS) is 12.3. The van der Waals surface area contributed by atoms with Gasteiger partial charge in [-0.2, -0.15) is 13.2 Å². The number of carbonyl (C=O) groups is 1. The van der Waals surface area contributed by atoms with Gasteiger partial charge in [-0.3, -0.25) is 4.79 Å². The quantitative estimate of drug-likeness (QED) is 0.841. The Morgan fingerprint density at radius 2 is 2.00 bits per heavy atom. The molecular formula is C12H14BrF3N2O2. The zero-order valence-electron chi connectivity index (χ0n) is 10.9. The number of anilines is 1. The summed E-state index contributed by atoms with van der Waals surface area (Å²) in [4.78, 5) is 14.1. The van der Waals surface area contributed by atoms with Crippen molar-refractivity contribution in [2.45, 2.75) is 38.4 Å². The Kier molecular flexibility index (Phi) is 5.01. The van der Waals surface area contributed by atoms with Crippen molar-refractivity contribution in [2.24, 2.45) is 0 Å². The second-order valence-corrected chi connectivity index (χ2v) is 5.78. The van der Waals surface area contributed by atoms with Crippen LogP contribution in [-0.2, 0) is 11.0 Å². The van der Waals surface area contributed by atoms with Crippen LogP contribution >= 0.6 is 15.9 Å². The number of aliphatic carboxylic acids is 1. The SMILES string of the molecule is CC(C)(CCC(=O)O)Nc1ccc(Br)c(C(F)(F)F)n1. The van der Waals surface area contributed by atoms with Gasteiger partial charge in [-0.1, -0.05) is 0 Å². The number of rotatable bonds is 5. The van der Waals surface area contributed by atoms with Gasteiger partial charge in [0, 0.05) is 16.4 Å². The minimum Gasteiger partial charge on any atom is -0.481 e. The Labute approximate surface area is 122 Å². The standard InChI is InChI=1S/C12H14BrF3N2O2/c1-11(2,6-5-9(19)20)18-8-4-3-7(13)10(17-8)12(14,15)16/h3-4H,5-6H2,1-2H3,(H,17,18)(H,19,20). The number of carboxylic acid groups (broad SMARTS) is 1. The lowest BCUT2D eigenvalue weighted by atomic mass is 9.98. The number of hydrogen-bond acceptors (Lipinski definition) is 3. The summed E-state index contributed by atoms with van der Waals surface area (Å²) < 4.78 is 38.0. The molecule has 0 aliphatic heterocycles. The summed E-state index contributed by atoms with van der Waals surface area (Å²) in [5.41, 5.74) is -1.70. The van der Waals surface area contributed by atoms with E-state index in [2.05, 4.69) is 26.2 Å². The van der Waals surface area contributed by atoms with E-state index in [1.165, 1.54) is 12.1 Å². The molecule has 0 radical (unpaired) electrons. The minimum absolute atomic E-state index is 0.0518. The van der Waals surface area contributed by atoms with Crippen LogP contribution < -0.4 is 5.32 Å². The molecule has 0 atom stereocenters. The number of pyridine rings is 1. The van der Waals surface area contributed by atoms with Crippen molar-refractivity contribution >= 4 is 27.7 Å². The highest BCUT2D eigenvalue weighted by Gasteiger charge is 2.35. The first-order chi connectivity index (χ1) is 9.01. The van der Waals surface area contributed by atoms with Crippen LogP contribution in [0.2, 0.25) is 0 Å². The Hall–Kier alpha value is -1.31. The number of nitrogens with zero attached hydrogens (tertiary/aromatic N) is 1. The number of aromatic nitrogens is 1. The first kappa shape index (κ1) is 16.7. The largest absolute Gasteiger partial charge is 0.481 e. The molecule has 0 bridgehead atoms. The van der Waals surface area contributed by atoms with Crippen molar-refractivity contribution < 1.29 is 23.1 Å². The molecule has 0 aromatic carbocycles. The topological polar surface area (TPSA) is 62.2 Å². The van der Waals surface area contributed by atoms with E-state index in [1.54, 1.807) is 13.8 Å². The molecule has 0 saturated carbocycles. The summed E-state index contributed by atoms with van der Waals surface area (Å²) in [6.07, 6.45) is -4.37. The fraction of sp³-hybridized carbons (Fsp3) is 0.500. The highest BCUT2D eigenvalue weighted by atomic mass is 79.9. The van der Waals surface area contributed by atoms with Crippen molar-refractivity contribution in [1.82, 2.24) is 4.98 Å². The Morgan fingerprint density at radius 3 is 2.50 bits per heavy atom. The second kappa shape index (κ2) is 5.99. The van der Waals surface area contributed by atoms with Gasteiger partial charge < -0.3 is 10.4 Å². The number of halogens is 4. The molecule has 1 aromatic heterocycles. The molecule has 1 aromatic rings. The fourth-order valence-electron chi connectivity index (χ4n) is 1.54. The number of nitrogens with one attached hydrogen (secondary N) is 1. The van der Waals surface area contributed by atoms with E-state index < -0.39 is 23.4 Å². The third kappa shape index (κ3) is 4.99. The van der Waals surface area contributed by atoms with Crippen LogP contribution in [0.3, 0.4) is 0 Å². The summed E-state index contributed by atoms with van der Waals surface area (Å²) in [7, 11) is 0. The van der Waals surface area contributed by atoms with Gasteiger partial charge in [0.15, 0.2) is 5.69 Å². The molecule has 20 heavy (non-hydrogen) atoms. The zero-order valence-corrected chi connectivity index (χ0v) is 12.5. The zero-order chi connectivity index (χ0) is 15.6. The van der Waals surface area contributed by atoms with Gasteiger partial charge in [0.2, 0.25) is 0 Å². The molecule has 0 fully saturated rings. The van der Waals surface area contributed by atoms with E-state index >= 15 is 0 Å².